The van der Waals surface area contributed by atoms with E-state index >= 15 is 0 Å². The Balaban J connectivity index is 2.54. The predicted molar refractivity (Wildman–Crippen MR) is 39.6 cm³/mol. The third kappa shape index (κ3) is 1.32. The number of hydrogen-bond donors (Lipinski definition) is 2. The molecule has 1 aliphatic carbocycles. The summed E-state index contributed by atoms with van der Waals surface area (Å²) in [6.07, 6.45) is 1.98. The summed E-state index contributed by atoms with van der Waals surface area (Å²) in [7, 11) is 0. The summed E-state index contributed by atoms with van der Waals surface area (Å²) in [4.78, 5) is 0. The molecule has 2 nitrogen and oxygen atoms in total. The molecule has 1 fully saturated rings. The molecule has 0 saturated heterocycles. The lowest BCUT2D eigenvalue weighted by molar-refractivity contribution is -0.0625. The average molecular weight is 144 g/mol. The molecule has 0 radical (unpaired) electrons. The van der Waals surface area contributed by atoms with Gasteiger partial charge in [0, 0.05) is 0 Å². The lowest BCUT2D eigenvalue weighted by Gasteiger charge is -2.25. The summed E-state index contributed by atoms with van der Waals surface area (Å²) in [6, 6.07) is 0. The molecule has 0 spiro atoms. The maximum absolute atomic E-state index is 9.69. The highest BCUT2D eigenvalue weighted by molar-refractivity contribution is 4.91. The van der Waals surface area contributed by atoms with Gasteiger partial charge in [-0.05, 0) is 32.1 Å². The van der Waals surface area contributed by atoms with Gasteiger partial charge in [0.25, 0.3) is 0 Å². The highest BCUT2D eigenvalue weighted by Gasteiger charge is 2.39. The second kappa shape index (κ2) is 2.51. The summed E-state index contributed by atoms with van der Waals surface area (Å²) in [5.74, 6) is 0.569. The standard InChI is InChI=1S/C8H16O2/c1-6-3-4-8(10,5-6)7(2)9/h6-7,9-10H,3-5H2,1-2H3/t6?,7?,8-/m0/s1. The average Bonchev–Trinajstić information content (AvgIpc) is 2.13. The van der Waals surface area contributed by atoms with E-state index in [1.807, 2.05) is 0 Å². The molecule has 0 aromatic rings. The second-order valence-electron chi connectivity index (χ2n) is 3.63. The Morgan fingerprint density at radius 2 is 2.20 bits per heavy atom. The van der Waals surface area contributed by atoms with Crippen LogP contribution in [0.2, 0.25) is 0 Å². The summed E-state index contributed by atoms with van der Waals surface area (Å²) in [6.45, 7) is 3.78. The SMILES string of the molecule is CC1CC[C@@](O)(C(C)O)C1. The van der Waals surface area contributed by atoms with Crippen molar-refractivity contribution in [1.29, 1.82) is 0 Å². The van der Waals surface area contributed by atoms with E-state index in [-0.39, 0.29) is 0 Å². The van der Waals surface area contributed by atoms with Crippen LogP contribution in [0.15, 0.2) is 0 Å². The Morgan fingerprint density at radius 3 is 2.40 bits per heavy atom. The molecule has 1 rings (SSSR count). The van der Waals surface area contributed by atoms with Crippen molar-refractivity contribution in [2.24, 2.45) is 5.92 Å². The number of aliphatic hydroxyl groups is 2. The van der Waals surface area contributed by atoms with Gasteiger partial charge in [-0.2, -0.15) is 0 Å². The molecule has 0 aromatic heterocycles. The van der Waals surface area contributed by atoms with Crippen LogP contribution in [0.5, 0.6) is 0 Å². The van der Waals surface area contributed by atoms with Crippen molar-refractivity contribution in [1.82, 2.24) is 0 Å². The van der Waals surface area contributed by atoms with Crippen LogP contribution >= 0.6 is 0 Å². The van der Waals surface area contributed by atoms with Crippen LogP contribution in [-0.4, -0.2) is 21.9 Å². The highest BCUT2D eigenvalue weighted by atomic mass is 16.3. The van der Waals surface area contributed by atoms with Gasteiger partial charge in [0.15, 0.2) is 0 Å². The Labute approximate surface area is 61.9 Å². The Bertz CT molecular complexity index is 122. The molecule has 3 atom stereocenters. The van der Waals surface area contributed by atoms with E-state index in [1.165, 1.54) is 0 Å². The first-order chi connectivity index (χ1) is 4.54. The quantitative estimate of drug-likeness (QED) is 0.574. The van der Waals surface area contributed by atoms with Crippen LogP contribution in [0.3, 0.4) is 0 Å². The van der Waals surface area contributed by atoms with E-state index in [1.54, 1.807) is 6.92 Å². The van der Waals surface area contributed by atoms with Gasteiger partial charge in [-0.3, -0.25) is 0 Å². The van der Waals surface area contributed by atoms with Gasteiger partial charge >= 0.3 is 0 Å². The van der Waals surface area contributed by atoms with Crippen molar-refractivity contribution in [3.05, 3.63) is 0 Å². The molecule has 0 heterocycles. The normalized spacial score (nSPS) is 43.8. The molecule has 2 N–H and O–H groups in total. The van der Waals surface area contributed by atoms with Crippen LogP contribution in [0.25, 0.3) is 0 Å². The third-order valence-corrected chi connectivity index (χ3v) is 2.55. The van der Waals surface area contributed by atoms with E-state index in [9.17, 15) is 10.2 Å². The topological polar surface area (TPSA) is 40.5 Å². The zero-order valence-corrected chi connectivity index (χ0v) is 6.67. The Morgan fingerprint density at radius 1 is 1.60 bits per heavy atom. The fourth-order valence-corrected chi connectivity index (χ4v) is 1.68. The molecule has 0 amide bonds. The number of hydrogen-bond acceptors (Lipinski definition) is 2. The van der Waals surface area contributed by atoms with Crippen molar-refractivity contribution in [2.45, 2.75) is 44.8 Å². The van der Waals surface area contributed by atoms with Crippen molar-refractivity contribution in [3.63, 3.8) is 0 Å². The summed E-state index contributed by atoms with van der Waals surface area (Å²) in [5.41, 5.74) is -0.778. The third-order valence-electron chi connectivity index (χ3n) is 2.55. The van der Waals surface area contributed by atoms with Gasteiger partial charge in [0.2, 0.25) is 0 Å². The molecule has 2 unspecified atom stereocenters. The molecule has 2 heteroatoms. The predicted octanol–water partition coefficient (Wildman–Crippen LogP) is 0.918. The minimum atomic E-state index is -0.778. The largest absolute Gasteiger partial charge is 0.390 e. The molecule has 10 heavy (non-hydrogen) atoms. The number of rotatable bonds is 1. The Hall–Kier alpha value is -0.0800. The minimum Gasteiger partial charge on any atom is -0.390 e. The molecule has 0 aromatic carbocycles. The van der Waals surface area contributed by atoms with Crippen molar-refractivity contribution in [3.8, 4) is 0 Å². The van der Waals surface area contributed by atoms with Crippen molar-refractivity contribution >= 4 is 0 Å². The highest BCUT2D eigenvalue weighted by Crippen LogP contribution is 2.36. The van der Waals surface area contributed by atoms with Crippen LogP contribution in [0.4, 0.5) is 0 Å². The number of aliphatic hydroxyl groups excluding tert-OH is 1. The summed E-state index contributed by atoms with van der Waals surface area (Å²) >= 11 is 0. The van der Waals surface area contributed by atoms with Gasteiger partial charge in [0.1, 0.15) is 0 Å². The van der Waals surface area contributed by atoms with Crippen LogP contribution in [0.1, 0.15) is 33.1 Å². The smallest absolute Gasteiger partial charge is 0.0905 e. The van der Waals surface area contributed by atoms with E-state index in [2.05, 4.69) is 6.92 Å². The van der Waals surface area contributed by atoms with Crippen molar-refractivity contribution in [2.75, 3.05) is 0 Å². The lowest BCUT2D eigenvalue weighted by Crippen LogP contribution is -2.37. The molecule has 1 saturated carbocycles. The Kier molecular flexibility index (Phi) is 2.02. The fourth-order valence-electron chi connectivity index (χ4n) is 1.68. The summed E-state index contributed by atoms with van der Waals surface area (Å²) in [5, 5.41) is 18.9. The second-order valence-corrected chi connectivity index (χ2v) is 3.63. The zero-order valence-electron chi connectivity index (χ0n) is 6.67. The summed E-state index contributed by atoms with van der Waals surface area (Å²) < 4.78 is 0. The molecule has 60 valence electrons. The molecule has 1 aliphatic rings. The van der Waals surface area contributed by atoms with Crippen LogP contribution in [-0.2, 0) is 0 Å². The first kappa shape index (κ1) is 8.02. The lowest BCUT2D eigenvalue weighted by atomic mass is 9.95. The minimum absolute atomic E-state index is 0.569. The van der Waals surface area contributed by atoms with E-state index in [0.717, 1.165) is 19.3 Å². The maximum Gasteiger partial charge on any atom is 0.0905 e. The van der Waals surface area contributed by atoms with Crippen LogP contribution < -0.4 is 0 Å². The van der Waals surface area contributed by atoms with Gasteiger partial charge in [0.05, 0.1) is 11.7 Å². The first-order valence-corrected chi connectivity index (χ1v) is 3.95. The zero-order chi connectivity index (χ0) is 7.78. The van der Waals surface area contributed by atoms with E-state index in [0.29, 0.717) is 5.92 Å². The van der Waals surface area contributed by atoms with Gasteiger partial charge < -0.3 is 10.2 Å². The van der Waals surface area contributed by atoms with Gasteiger partial charge in [-0.25, -0.2) is 0 Å². The maximum atomic E-state index is 9.69. The monoisotopic (exact) mass is 144 g/mol. The van der Waals surface area contributed by atoms with Crippen molar-refractivity contribution < 1.29 is 10.2 Å². The van der Waals surface area contributed by atoms with Crippen LogP contribution in [0, 0.1) is 5.92 Å². The molecular weight excluding hydrogens is 128 g/mol. The molecular formula is C8H16O2. The van der Waals surface area contributed by atoms with Gasteiger partial charge in [-0.15, -0.1) is 0 Å². The molecule has 0 bridgehead atoms. The van der Waals surface area contributed by atoms with E-state index in [4.69, 9.17) is 0 Å². The molecule has 0 aliphatic heterocycles. The van der Waals surface area contributed by atoms with E-state index < -0.39 is 11.7 Å². The fraction of sp³-hybridized carbons (Fsp3) is 1.00. The first-order valence-electron chi connectivity index (χ1n) is 3.95. The van der Waals surface area contributed by atoms with Gasteiger partial charge in [-0.1, -0.05) is 6.92 Å².